The molecule has 2 heterocycles. The molecular formula is C11H10Cl2F3N3. The molecule has 0 spiro atoms. The van der Waals surface area contributed by atoms with E-state index in [-0.39, 0.29) is 18.3 Å². The Morgan fingerprint density at radius 3 is 2.58 bits per heavy atom. The summed E-state index contributed by atoms with van der Waals surface area (Å²) in [6.07, 6.45) is -1.50. The van der Waals surface area contributed by atoms with E-state index >= 15 is 0 Å². The van der Waals surface area contributed by atoms with Crippen LogP contribution in [0.25, 0.3) is 11.4 Å². The van der Waals surface area contributed by atoms with Gasteiger partial charge in [0, 0.05) is 18.3 Å². The second-order valence-electron chi connectivity index (χ2n) is 3.63. The maximum absolute atomic E-state index is 12.4. The molecule has 0 saturated carbocycles. The number of aromatic nitrogens is 3. The number of nitrogens with zero attached hydrogens (tertiary/aromatic N) is 3. The number of hydrogen-bond donors (Lipinski definition) is 0. The van der Waals surface area contributed by atoms with Crippen molar-refractivity contribution in [2.24, 2.45) is 0 Å². The molecule has 0 fully saturated rings. The van der Waals surface area contributed by atoms with Crippen LogP contribution in [0.4, 0.5) is 13.2 Å². The lowest BCUT2D eigenvalue weighted by Crippen LogP contribution is -2.19. The van der Waals surface area contributed by atoms with Crippen molar-refractivity contribution >= 4 is 24.0 Å². The van der Waals surface area contributed by atoms with E-state index in [0.717, 1.165) is 4.68 Å². The van der Waals surface area contributed by atoms with Gasteiger partial charge in [-0.3, -0.25) is 9.67 Å². The topological polar surface area (TPSA) is 30.7 Å². The van der Waals surface area contributed by atoms with Crippen LogP contribution in [0, 0.1) is 0 Å². The second-order valence-corrected chi connectivity index (χ2v) is 3.90. The summed E-state index contributed by atoms with van der Waals surface area (Å²) in [5.74, 6) is 0.181. The van der Waals surface area contributed by atoms with Gasteiger partial charge < -0.3 is 0 Å². The van der Waals surface area contributed by atoms with Gasteiger partial charge in [-0.25, -0.2) is 0 Å². The largest absolute Gasteiger partial charge is 0.408 e. The van der Waals surface area contributed by atoms with Crippen molar-refractivity contribution in [1.82, 2.24) is 14.8 Å². The summed E-state index contributed by atoms with van der Waals surface area (Å²) >= 11 is 5.74. The number of pyridine rings is 1. The van der Waals surface area contributed by atoms with Gasteiger partial charge in [-0.2, -0.15) is 18.3 Å². The van der Waals surface area contributed by atoms with Crippen LogP contribution in [0.2, 0.25) is 0 Å². The molecule has 19 heavy (non-hydrogen) atoms. The van der Waals surface area contributed by atoms with E-state index in [2.05, 4.69) is 10.1 Å². The van der Waals surface area contributed by atoms with Gasteiger partial charge >= 0.3 is 6.18 Å². The Balaban J connectivity index is 0.00000180. The Bertz CT molecular complexity index is 540. The van der Waals surface area contributed by atoms with Gasteiger partial charge in [0.2, 0.25) is 0 Å². The highest BCUT2D eigenvalue weighted by Gasteiger charge is 2.29. The first-order valence-corrected chi connectivity index (χ1v) is 5.63. The molecule has 0 bridgehead atoms. The standard InChI is InChI=1S/C11H9ClF3N3.ClH/c12-6-8-2-1-4-16-10(8)9-3-5-17-18(9)7-11(13,14)15;/h1-5H,6-7H2;1H. The van der Waals surface area contributed by atoms with Gasteiger partial charge in [-0.05, 0) is 17.7 Å². The third-order valence-electron chi connectivity index (χ3n) is 2.32. The average Bonchev–Trinajstić information content (AvgIpc) is 2.74. The van der Waals surface area contributed by atoms with Crippen LogP contribution in [0.15, 0.2) is 30.6 Å². The van der Waals surface area contributed by atoms with Crippen molar-refractivity contribution in [3.63, 3.8) is 0 Å². The molecule has 0 aliphatic carbocycles. The van der Waals surface area contributed by atoms with Crippen molar-refractivity contribution < 1.29 is 13.2 Å². The van der Waals surface area contributed by atoms with Gasteiger partial charge in [0.1, 0.15) is 6.54 Å². The molecule has 0 radical (unpaired) electrons. The highest BCUT2D eigenvalue weighted by molar-refractivity contribution is 6.17. The van der Waals surface area contributed by atoms with E-state index in [9.17, 15) is 13.2 Å². The van der Waals surface area contributed by atoms with Crippen molar-refractivity contribution in [3.05, 3.63) is 36.2 Å². The minimum Gasteiger partial charge on any atom is -0.254 e. The quantitative estimate of drug-likeness (QED) is 0.810. The van der Waals surface area contributed by atoms with E-state index in [4.69, 9.17) is 11.6 Å². The van der Waals surface area contributed by atoms with E-state index in [1.165, 1.54) is 18.5 Å². The third kappa shape index (κ3) is 3.84. The Kier molecular flexibility index (Phi) is 5.20. The normalized spacial score (nSPS) is 11.2. The predicted octanol–water partition coefficient (Wildman–Crippen LogP) is 3.67. The van der Waals surface area contributed by atoms with Crippen LogP contribution in [-0.2, 0) is 12.4 Å². The molecule has 0 unspecified atom stereocenters. The van der Waals surface area contributed by atoms with Crippen molar-refractivity contribution in [1.29, 1.82) is 0 Å². The lowest BCUT2D eigenvalue weighted by Gasteiger charge is -2.11. The summed E-state index contributed by atoms with van der Waals surface area (Å²) in [6.45, 7) is -1.15. The second kappa shape index (κ2) is 6.25. The number of hydrogen-bond acceptors (Lipinski definition) is 2. The van der Waals surface area contributed by atoms with Gasteiger partial charge in [0.05, 0.1) is 11.4 Å². The Morgan fingerprint density at radius 2 is 1.95 bits per heavy atom. The SMILES string of the molecule is Cl.FC(F)(F)Cn1nccc1-c1ncccc1CCl. The fourth-order valence-electron chi connectivity index (χ4n) is 1.61. The fourth-order valence-corrected chi connectivity index (χ4v) is 1.82. The third-order valence-corrected chi connectivity index (χ3v) is 2.61. The summed E-state index contributed by atoms with van der Waals surface area (Å²) in [6, 6.07) is 4.90. The van der Waals surface area contributed by atoms with E-state index in [1.807, 2.05) is 0 Å². The maximum Gasteiger partial charge on any atom is 0.408 e. The average molecular weight is 312 g/mol. The van der Waals surface area contributed by atoms with Gasteiger partial charge in [0.15, 0.2) is 0 Å². The Hall–Kier alpha value is -1.27. The number of halogens is 5. The zero-order valence-electron chi connectivity index (χ0n) is 9.56. The highest BCUT2D eigenvalue weighted by Crippen LogP contribution is 2.25. The molecule has 0 N–H and O–H groups in total. The Labute approximate surface area is 118 Å². The van der Waals surface area contributed by atoms with Crippen LogP contribution in [0.3, 0.4) is 0 Å². The highest BCUT2D eigenvalue weighted by atomic mass is 35.5. The van der Waals surface area contributed by atoms with Crippen molar-refractivity contribution in [2.45, 2.75) is 18.6 Å². The van der Waals surface area contributed by atoms with Gasteiger partial charge in [0.25, 0.3) is 0 Å². The maximum atomic E-state index is 12.4. The van der Waals surface area contributed by atoms with Crippen LogP contribution in [0.1, 0.15) is 5.56 Å². The summed E-state index contributed by atoms with van der Waals surface area (Å²) < 4.78 is 38.0. The molecule has 0 aromatic carbocycles. The molecule has 0 atom stereocenters. The van der Waals surface area contributed by atoms with Crippen LogP contribution in [-0.4, -0.2) is 20.9 Å². The predicted molar refractivity (Wildman–Crippen MR) is 68.3 cm³/mol. The fraction of sp³-hybridized carbons (Fsp3) is 0.273. The molecule has 2 aromatic heterocycles. The zero-order valence-corrected chi connectivity index (χ0v) is 11.1. The first-order chi connectivity index (χ1) is 8.51. The van der Waals surface area contributed by atoms with Crippen LogP contribution in [0.5, 0.6) is 0 Å². The minimum absolute atomic E-state index is 0. The molecule has 0 saturated heterocycles. The Morgan fingerprint density at radius 1 is 1.21 bits per heavy atom. The molecule has 0 aliphatic heterocycles. The van der Waals surface area contributed by atoms with Gasteiger partial charge in [-0.1, -0.05) is 6.07 Å². The zero-order chi connectivity index (χ0) is 13.2. The first-order valence-electron chi connectivity index (χ1n) is 5.10. The number of rotatable bonds is 3. The summed E-state index contributed by atoms with van der Waals surface area (Å²) in [5, 5.41) is 3.67. The monoisotopic (exact) mass is 311 g/mol. The van der Waals surface area contributed by atoms with Crippen molar-refractivity contribution in [2.75, 3.05) is 0 Å². The van der Waals surface area contributed by atoms with Crippen LogP contribution < -0.4 is 0 Å². The smallest absolute Gasteiger partial charge is 0.254 e. The molecule has 8 heteroatoms. The number of alkyl halides is 4. The molecule has 0 amide bonds. The summed E-state index contributed by atoms with van der Waals surface area (Å²) in [5.41, 5.74) is 1.40. The van der Waals surface area contributed by atoms with Gasteiger partial charge in [-0.15, -0.1) is 24.0 Å². The summed E-state index contributed by atoms with van der Waals surface area (Å²) in [7, 11) is 0. The molecule has 3 nitrogen and oxygen atoms in total. The van der Waals surface area contributed by atoms with Crippen molar-refractivity contribution in [3.8, 4) is 11.4 Å². The molecular weight excluding hydrogens is 302 g/mol. The molecule has 2 aromatic rings. The van der Waals surface area contributed by atoms with Crippen LogP contribution >= 0.6 is 24.0 Å². The lowest BCUT2D eigenvalue weighted by atomic mass is 10.1. The first kappa shape index (κ1) is 15.8. The molecule has 2 rings (SSSR count). The van der Waals surface area contributed by atoms with E-state index in [1.54, 1.807) is 12.1 Å². The minimum atomic E-state index is -4.32. The lowest BCUT2D eigenvalue weighted by molar-refractivity contribution is -0.142. The van der Waals surface area contributed by atoms with E-state index < -0.39 is 12.7 Å². The summed E-state index contributed by atoms with van der Waals surface area (Å²) in [4.78, 5) is 4.07. The molecule has 104 valence electrons. The molecule has 0 aliphatic rings. The van der Waals surface area contributed by atoms with E-state index in [0.29, 0.717) is 17.0 Å².